The molecule has 0 spiro atoms. The third-order valence-electron chi connectivity index (χ3n) is 4.08. The number of hydrogen-bond acceptors (Lipinski definition) is 2. The van der Waals surface area contributed by atoms with E-state index in [0.717, 1.165) is 36.0 Å². The van der Waals surface area contributed by atoms with E-state index >= 15 is 0 Å². The molecule has 3 rings (SSSR count). The van der Waals surface area contributed by atoms with Gasteiger partial charge in [-0.05, 0) is 36.8 Å². The third-order valence-corrected chi connectivity index (χ3v) is 4.08. The number of ketones is 1. The molecule has 0 radical (unpaired) electrons. The lowest BCUT2D eigenvalue weighted by molar-refractivity contribution is 0.0967. The normalized spacial score (nSPS) is 15.7. The Morgan fingerprint density at radius 2 is 1.71 bits per heavy atom. The maximum atomic E-state index is 11.9. The van der Waals surface area contributed by atoms with Gasteiger partial charge in [0, 0.05) is 11.5 Å². The van der Waals surface area contributed by atoms with Crippen molar-refractivity contribution in [2.24, 2.45) is 5.92 Å². The highest BCUT2D eigenvalue weighted by molar-refractivity contribution is 5.99. The van der Waals surface area contributed by atoms with Crippen LogP contribution in [0.2, 0.25) is 0 Å². The van der Waals surface area contributed by atoms with E-state index in [1.165, 1.54) is 0 Å². The third kappa shape index (κ3) is 3.59. The van der Waals surface area contributed by atoms with E-state index < -0.39 is 6.10 Å². The van der Waals surface area contributed by atoms with Crippen molar-refractivity contribution in [3.63, 3.8) is 0 Å². The number of benzene rings is 2. The van der Waals surface area contributed by atoms with Gasteiger partial charge in [0.2, 0.25) is 0 Å². The Bertz CT molecular complexity index is 597. The van der Waals surface area contributed by atoms with E-state index in [9.17, 15) is 9.90 Å². The van der Waals surface area contributed by atoms with Crippen LogP contribution in [0.3, 0.4) is 0 Å². The first-order valence-electron chi connectivity index (χ1n) is 7.60. The fourth-order valence-electron chi connectivity index (χ4n) is 2.56. The zero-order chi connectivity index (χ0) is 14.7. The molecule has 2 aromatic carbocycles. The van der Waals surface area contributed by atoms with E-state index in [2.05, 4.69) is 0 Å². The van der Waals surface area contributed by atoms with Gasteiger partial charge in [-0.15, -0.1) is 0 Å². The predicted molar refractivity (Wildman–Crippen MR) is 83.2 cm³/mol. The summed E-state index contributed by atoms with van der Waals surface area (Å²) in [7, 11) is 0. The first-order valence-corrected chi connectivity index (χ1v) is 7.60. The Hall–Kier alpha value is -1.93. The molecule has 0 aliphatic heterocycles. The van der Waals surface area contributed by atoms with Crippen LogP contribution in [0.4, 0.5) is 0 Å². The average molecular weight is 280 g/mol. The molecule has 21 heavy (non-hydrogen) atoms. The lowest BCUT2D eigenvalue weighted by Gasteiger charge is -2.11. The van der Waals surface area contributed by atoms with Crippen LogP contribution >= 0.6 is 0 Å². The van der Waals surface area contributed by atoms with Crippen molar-refractivity contribution in [3.05, 3.63) is 71.3 Å². The van der Waals surface area contributed by atoms with Crippen LogP contribution in [0.1, 0.15) is 46.9 Å². The molecule has 2 aromatic rings. The van der Waals surface area contributed by atoms with E-state index in [1.807, 2.05) is 54.6 Å². The number of hydrogen-bond donors (Lipinski definition) is 1. The highest BCUT2D eigenvalue weighted by Gasteiger charge is 2.30. The number of carbonyl (C=O) groups is 1. The number of rotatable bonds is 6. The van der Waals surface area contributed by atoms with E-state index in [1.54, 1.807) is 0 Å². The first-order chi connectivity index (χ1) is 10.2. The number of aryl methyl sites for hydroxylation is 1. The second kappa shape index (κ2) is 6.23. The Kier molecular flexibility index (Phi) is 4.16. The van der Waals surface area contributed by atoms with Gasteiger partial charge in [-0.1, -0.05) is 54.6 Å². The summed E-state index contributed by atoms with van der Waals surface area (Å²) in [5.74, 6) is 0.557. The number of Topliss-reactive ketones (excluding diaryl/α,β-unsaturated/α-hetero) is 1. The monoisotopic (exact) mass is 280 g/mol. The molecule has 0 heterocycles. The standard InChI is InChI=1S/C19H20O2/c20-18(15-4-2-1-3-5-15)13-8-14-6-9-16(10-7-14)19(21)17-11-12-17/h1-7,9-10,17-18,20H,8,11-13H2. The zero-order valence-corrected chi connectivity index (χ0v) is 12.0. The molecule has 1 aliphatic rings. The van der Waals surface area contributed by atoms with Crippen LogP contribution in [0.15, 0.2) is 54.6 Å². The average Bonchev–Trinajstić information content (AvgIpc) is 3.38. The molecule has 0 amide bonds. The lowest BCUT2D eigenvalue weighted by Crippen LogP contribution is -2.02. The molecule has 1 atom stereocenters. The minimum Gasteiger partial charge on any atom is -0.388 e. The van der Waals surface area contributed by atoms with Crippen molar-refractivity contribution in [1.82, 2.24) is 0 Å². The van der Waals surface area contributed by atoms with E-state index in [-0.39, 0.29) is 11.7 Å². The van der Waals surface area contributed by atoms with Crippen molar-refractivity contribution in [2.45, 2.75) is 31.8 Å². The number of aliphatic hydroxyl groups excluding tert-OH is 1. The second-order valence-corrected chi connectivity index (χ2v) is 5.80. The summed E-state index contributed by atoms with van der Waals surface area (Å²) in [5, 5.41) is 10.2. The topological polar surface area (TPSA) is 37.3 Å². The molecule has 2 nitrogen and oxygen atoms in total. The summed E-state index contributed by atoms with van der Waals surface area (Å²) in [4.78, 5) is 11.9. The molecule has 2 heteroatoms. The van der Waals surface area contributed by atoms with Gasteiger partial charge in [-0.2, -0.15) is 0 Å². The van der Waals surface area contributed by atoms with Crippen LogP contribution < -0.4 is 0 Å². The fraction of sp³-hybridized carbons (Fsp3) is 0.316. The molecule has 1 unspecified atom stereocenters. The fourth-order valence-corrected chi connectivity index (χ4v) is 2.56. The summed E-state index contributed by atoms with van der Waals surface area (Å²) in [6.07, 6.45) is 3.17. The van der Waals surface area contributed by atoms with Crippen molar-refractivity contribution in [3.8, 4) is 0 Å². The van der Waals surface area contributed by atoms with Crippen LogP contribution in [0, 0.1) is 5.92 Å². The van der Waals surface area contributed by atoms with Gasteiger partial charge in [0.15, 0.2) is 5.78 Å². The van der Waals surface area contributed by atoms with Crippen LogP contribution in [0.5, 0.6) is 0 Å². The maximum absolute atomic E-state index is 11.9. The first kappa shape index (κ1) is 14.0. The molecular formula is C19H20O2. The molecule has 1 N–H and O–H groups in total. The minimum absolute atomic E-state index is 0.274. The summed E-state index contributed by atoms with van der Waals surface area (Å²) in [5.41, 5.74) is 2.94. The molecule has 1 fully saturated rings. The summed E-state index contributed by atoms with van der Waals surface area (Å²) in [6.45, 7) is 0. The van der Waals surface area contributed by atoms with Gasteiger partial charge >= 0.3 is 0 Å². The smallest absolute Gasteiger partial charge is 0.165 e. The molecule has 0 bridgehead atoms. The Balaban J connectivity index is 1.57. The highest BCUT2D eigenvalue weighted by atomic mass is 16.3. The SMILES string of the molecule is O=C(c1ccc(CCC(O)c2ccccc2)cc1)C1CC1. The Morgan fingerprint density at radius 1 is 1.05 bits per heavy atom. The van der Waals surface area contributed by atoms with Gasteiger partial charge < -0.3 is 5.11 Å². The summed E-state index contributed by atoms with van der Waals surface area (Å²) in [6, 6.07) is 17.6. The zero-order valence-electron chi connectivity index (χ0n) is 12.0. The largest absolute Gasteiger partial charge is 0.388 e. The molecule has 108 valence electrons. The molecule has 1 aliphatic carbocycles. The van der Waals surface area contributed by atoms with Gasteiger partial charge in [0.1, 0.15) is 0 Å². The van der Waals surface area contributed by atoms with Crippen LogP contribution in [0.25, 0.3) is 0 Å². The number of carbonyl (C=O) groups excluding carboxylic acids is 1. The van der Waals surface area contributed by atoms with Crippen molar-refractivity contribution in [1.29, 1.82) is 0 Å². The predicted octanol–water partition coefficient (Wildman–Crippen LogP) is 3.95. The van der Waals surface area contributed by atoms with Crippen LogP contribution in [-0.2, 0) is 6.42 Å². The van der Waals surface area contributed by atoms with Crippen LogP contribution in [-0.4, -0.2) is 10.9 Å². The molecule has 0 saturated heterocycles. The molecule has 1 saturated carbocycles. The minimum atomic E-state index is -0.432. The van der Waals surface area contributed by atoms with E-state index in [4.69, 9.17) is 0 Å². The summed E-state index contributed by atoms with van der Waals surface area (Å²) >= 11 is 0. The lowest BCUT2D eigenvalue weighted by atomic mass is 9.99. The van der Waals surface area contributed by atoms with E-state index in [0.29, 0.717) is 6.42 Å². The Labute approximate surface area is 125 Å². The van der Waals surface area contributed by atoms with Crippen molar-refractivity contribution < 1.29 is 9.90 Å². The quantitative estimate of drug-likeness (QED) is 0.814. The second-order valence-electron chi connectivity index (χ2n) is 5.80. The molecular weight excluding hydrogens is 260 g/mol. The van der Waals surface area contributed by atoms with Gasteiger partial charge in [-0.3, -0.25) is 4.79 Å². The van der Waals surface area contributed by atoms with Gasteiger partial charge in [-0.25, -0.2) is 0 Å². The number of aliphatic hydroxyl groups is 1. The summed E-state index contributed by atoms with van der Waals surface area (Å²) < 4.78 is 0. The highest BCUT2D eigenvalue weighted by Crippen LogP contribution is 2.32. The Morgan fingerprint density at radius 3 is 2.33 bits per heavy atom. The van der Waals surface area contributed by atoms with Crippen molar-refractivity contribution in [2.75, 3.05) is 0 Å². The maximum Gasteiger partial charge on any atom is 0.165 e. The van der Waals surface area contributed by atoms with Gasteiger partial charge in [0.05, 0.1) is 6.10 Å². The van der Waals surface area contributed by atoms with Crippen molar-refractivity contribution >= 4 is 5.78 Å². The molecule has 0 aromatic heterocycles. The van der Waals surface area contributed by atoms with Gasteiger partial charge in [0.25, 0.3) is 0 Å².